The Hall–Kier alpha value is -1.83. The first-order valence-corrected chi connectivity index (χ1v) is 5.61. The molecule has 16 heavy (non-hydrogen) atoms. The van der Waals surface area contributed by atoms with Crippen LogP contribution in [0.4, 0.5) is 0 Å². The fourth-order valence-electron chi connectivity index (χ4n) is 2.26. The van der Waals surface area contributed by atoms with Gasteiger partial charge in [0.2, 0.25) is 0 Å². The summed E-state index contributed by atoms with van der Waals surface area (Å²) in [5.41, 5.74) is 4.72. The fraction of sp³-hybridized carbons (Fsp3) is 0.214. The van der Waals surface area contributed by atoms with Crippen LogP contribution in [0.15, 0.2) is 36.4 Å². The van der Waals surface area contributed by atoms with Gasteiger partial charge in [0.1, 0.15) is 5.78 Å². The maximum Gasteiger partial charge on any atom is 0.137 e. The van der Waals surface area contributed by atoms with E-state index in [4.69, 9.17) is 0 Å². The van der Waals surface area contributed by atoms with Gasteiger partial charge in [-0.3, -0.25) is 4.79 Å². The molecule has 0 saturated carbocycles. The molecule has 0 bridgehead atoms. The van der Waals surface area contributed by atoms with Gasteiger partial charge in [0.25, 0.3) is 0 Å². The van der Waals surface area contributed by atoms with Crippen molar-refractivity contribution >= 4 is 5.78 Å². The zero-order valence-corrected chi connectivity index (χ0v) is 8.99. The Balaban J connectivity index is 2.02. The zero-order chi connectivity index (χ0) is 11.0. The number of carbonyl (C=O) groups excluding carboxylic acids is 1. The van der Waals surface area contributed by atoms with Crippen LogP contribution in [0.1, 0.15) is 17.7 Å². The first-order valence-electron chi connectivity index (χ1n) is 5.61. The number of hydrogen-bond donors (Lipinski definition) is 1. The Morgan fingerprint density at radius 1 is 1.06 bits per heavy atom. The summed E-state index contributed by atoms with van der Waals surface area (Å²) in [6, 6.07) is 12.3. The number of nitrogens with one attached hydrogen (secondary N) is 1. The summed E-state index contributed by atoms with van der Waals surface area (Å²) in [6.07, 6.45) is 2.14. The van der Waals surface area contributed by atoms with Gasteiger partial charge in [-0.05, 0) is 23.6 Å². The highest BCUT2D eigenvalue weighted by atomic mass is 16.1. The van der Waals surface area contributed by atoms with Crippen molar-refractivity contribution in [1.82, 2.24) is 4.98 Å². The average molecular weight is 211 g/mol. The Labute approximate surface area is 94.3 Å². The predicted molar refractivity (Wildman–Crippen MR) is 63.3 cm³/mol. The van der Waals surface area contributed by atoms with Gasteiger partial charge in [-0.1, -0.05) is 30.3 Å². The molecule has 0 spiro atoms. The molecule has 0 amide bonds. The van der Waals surface area contributed by atoms with Crippen molar-refractivity contribution in [3.05, 3.63) is 47.7 Å². The number of rotatable bonds is 1. The van der Waals surface area contributed by atoms with E-state index >= 15 is 0 Å². The molecule has 1 N–H and O–H groups in total. The Kier molecular flexibility index (Phi) is 2.13. The third-order valence-corrected chi connectivity index (χ3v) is 3.12. The van der Waals surface area contributed by atoms with Gasteiger partial charge < -0.3 is 4.98 Å². The van der Waals surface area contributed by atoms with Crippen molar-refractivity contribution in [2.75, 3.05) is 0 Å². The maximum absolute atomic E-state index is 11.4. The maximum atomic E-state index is 11.4. The van der Waals surface area contributed by atoms with E-state index in [-0.39, 0.29) is 0 Å². The van der Waals surface area contributed by atoms with E-state index in [1.807, 2.05) is 18.2 Å². The number of aromatic amines is 1. The van der Waals surface area contributed by atoms with E-state index in [0.29, 0.717) is 18.6 Å². The monoisotopic (exact) mass is 211 g/mol. The first-order chi connectivity index (χ1) is 7.83. The summed E-state index contributed by atoms with van der Waals surface area (Å²) in [4.78, 5) is 14.8. The number of carbonyl (C=O) groups is 1. The molecule has 0 atom stereocenters. The number of H-pyrrole nitrogens is 1. The van der Waals surface area contributed by atoms with Gasteiger partial charge in [-0.25, -0.2) is 0 Å². The SMILES string of the molecule is O=C1CCc2[nH]c(-c3ccccc3)cc2C1. The van der Waals surface area contributed by atoms with Crippen molar-refractivity contribution in [2.45, 2.75) is 19.3 Å². The summed E-state index contributed by atoms with van der Waals surface area (Å²) in [5, 5.41) is 0. The predicted octanol–water partition coefficient (Wildman–Crippen LogP) is 2.74. The van der Waals surface area contributed by atoms with Crippen LogP contribution in [-0.4, -0.2) is 10.8 Å². The highest BCUT2D eigenvalue weighted by Crippen LogP contribution is 2.25. The molecule has 1 aliphatic carbocycles. The molecule has 0 radical (unpaired) electrons. The number of fused-ring (bicyclic) bond motifs is 1. The van der Waals surface area contributed by atoms with Crippen LogP contribution in [0.25, 0.3) is 11.3 Å². The molecule has 0 aliphatic heterocycles. The second-order valence-corrected chi connectivity index (χ2v) is 4.27. The number of benzene rings is 1. The van der Waals surface area contributed by atoms with E-state index < -0.39 is 0 Å². The van der Waals surface area contributed by atoms with Gasteiger partial charge in [-0.15, -0.1) is 0 Å². The molecule has 1 heterocycles. The lowest BCUT2D eigenvalue weighted by Gasteiger charge is -2.08. The molecule has 0 fully saturated rings. The van der Waals surface area contributed by atoms with Crippen molar-refractivity contribution in [3.63, 3.8) is 0 Å². The third-order valence-electron chi connectivity index (χ3n) is 3.12. The van der Waals surface area contributed by atoms with E-state index in [0.717, 1.165) is 12.1 Å². The van der Waals surface area contributed by atoms with Crippen molar-refractivity contribution < 1.29 is 4.79 Å². The summed E-state index contributed by atoms with van der Waals surface area (Å²) in [6.45, 7) is 0. The van der Waals surface area contributed by atoms with Crippen molar-refractivity contribution in [1.29, 1.82) is 0 Å². The van der Waals surface area contributed by atoms with Crippen molar-refractivity contribution in [2.24, 2.45) is 0 Å². The number of Topliss-reactive ketones (excluding diaryl/α,β-unsaturated/α-hetero) is 1. The minimum Gasteiger partial charge on any atom is -0.358 e. The molecule has 80 valence electrons. The standard InChI is InChI=1S/C14H13NO/c16-12-6-7-13-11(8-12)9-14(15-13)10-4-2-1-3-5-10/h1-5,9,15H,6-8H2. The molecular formula is C14H13NO. The number of ketones is 1. The number of aromatic nitrogens is 1. The van der Waals surface area contributed by atoms with Crippen LogP contribution < -0.4 is 0 Å². The lowest BCUT2D eigenvalue weighted by molar-refractivity contribution is -0.118. The second-order valence-electron chi connectivity index (χ2n) is 4.27. The fourth-order valence-corrected chi connectivity index (χ4v) is 2.26. The highest BCUT2D eigenvalue weighted by Gasteiger charge is 2.18. The first kappa shape index (κ1) is 9.40. The van der Waals surface area contributed by atoms with Crippen molar-refractivity contribution in [3.8, 4) is 11.3 Å². The molecule has 2 heteroatoms. The van der Waals surface area contributed by atoms with Crippen LogP contribution in [0.3, 0.4) is 0 Å². The van der Waals surface area contributed by atoms with Crippen LogP contribution in [-0.2, 0) is 17.6 Å². The minimum absolute atomic E-state index is 0.353. The van der Waals surface area contributed by atoms with Gasteiger partial charge in [0, 0.05) is 24.2 Å². The molecule has 0 saturated heterocycles. The highest BCUT2D eigenvalue weighted by molar-refractivity contribution is 5.83. The smallest absolute Gasteiger partial charge is 0.137 e. The van der Waals surface area contributed by atoms with E-state index in [1.165, 1.54) is 16.8 Å². The van der Waals surface area contributed by atoms with Gasteiger partial charge in [0.05, 0.1) is 0 Å². The largest absolute Gasteiger partial charge is 0.358 e. The second kappa shape index (κ2) is 3.63. The third kappa shape index (κ3) is 1.56. The Bertz CT molecular complexity index is 525. The average Bonchev–Trinajstić information content (AvgIpc) is 2.73. The Morgan fingerprint density at radius 2 is 1.88 bits per heavy atom. The van der Waals surface area contributed by atoms with E-state index in [1.54, 1.807) is 0 Å². The van der Waals surface area contributed by atoms with Crippen LogP contribution in [0.2, 0.25) is 0 Å². The quantitative estimate of drug-likeness (QED) is 0.773. The van der Waals surface area contributed by atoms with Crippen LogP contribution >= 0.6 is 0 Å². The lowest BCUT2D eigenvalue weighted by Crippen LogP contribution is -2.11. The molecule has 1 aromatic heterocycles. The number of aryl methyl sites for hydroxylation is 1. The summed E-state index contributed by atoms with van der Waals surface area (Å²) in [5.74, 6) is 0.353. The normalized spacial score (nSPS) is 14.9. The topological polar surface area (TPSA) is 32.9 Å². The van der Waals surface area contributed by atoms with Gasteiger partial charge >= 0.3 is 0 Å². The molecule has 0 unspecified atom stereocenters. The molecule has 1 aromatic carbocycles. The summed E-state index contributed by atoms with van der Waals surface area (Å²) in [7, 11) is 0. The molecule has 1 aliphatic rings. The zero-order valence-electron chi connectivity index (χ0n) is 8.99. The molecule has 2 aromatic rings. The molecular weight excluding hydrogens is 198 g/mol. The van der Waals surface area contributed by atoms with Crippen LogP contribution in [0, 0.1) is 0 Å². The van der Waals surface area contributed by atoms with E-state index in [9.17, 15) is 4.79 Å². The lowest BCUT2D eigenvalue weighted by atomic mass is 9.97. The van der Waals surface area contributed by atoms with Gasteiger partial charge in [-0.2, -0.15) is 0 Å². The molecule has 3 rings (SSSR count). The van der Waals surface area contributed by atoms with E-state index in [2.05, 4.69) is 23.2 Å². The Morgan fingerprint density at radius 3 is 2.69 bits per heavy atom. The minimum atomic E-state index is 0.353. The van der Waals surface area contributed by atoms with Crippen LogP contribution in [0.5, 0.6) is 0 Å². The number of hydrogen-bond acceptors (Lipinski definition) is 1. The van der Waals surface area contributed by atoms with Gasteiger partial charge in [0.15, 0.2) is 0 Å². The molecule has 2 nitrogen and oxygen atoms in total. The summed E-state index contributed by atoms with van der Waals surface area (Å²) < 4.78 is 0. The summed E-state index contributed by atoms with van der Waals surface area (Å²) >= 11 is 0.